The molecule has 1 heterocycles. The minimum Gasteiger partial charge on any atom is -0.295 e. The van der Waals surface area contributed by atoms with Gasteiger partial charge in [-0.25, -0.2) is 0 Å². The van der Waals surface area contributed by atoms with Crippen LogP contribution in [0, 0.1) is 6.92 Å². The van der Waals surface area contributed by atoms with Gasteiger partial charge in [0.25, 0.3) is 0 Å². The van der Waals surface area contributed by atoms with Crippen molar-refractivity contribution in [1.82, 2.24) is 9.88 Å². The van der Waals surface area contributed by atoms with Crippen molar-refractivity contribution in [3.05, 3.63) is 29.6 Å². The first-order valence-corrected chi connectivity index (χ1v) is 7.03. The molecule has 0 aromatic carbocycles. The minimum absolute atomic E-state index is 0.718. The zero-order chi connectivity index (χ0) is 12.1. The highest BCUT2D eigenvalue weighted by atomic mass is 35.5. The summed E-state index contributed by atoms with van der Waals surface area (Å²) in [5, 5.41) is 0. The number of hydrogen-bond donors (Lipinski definition) is 0. The van der Waals surface area contributed by atoms with Crippen LogP contribution in [0.1, 0.15) is 36.8 Å². The standard InChI is InChI=1S/C14H21ClN2/c1-12-8-13(10-16-9-12)11-17(7-6-15)14-4-2-3-5-14/h8-10,14H,2-7,11H2,1H3. The molecule has 3 heteroatoms. The van der Waals surface area contributed by atoms with Gasteiger partial charge >= 0.3 is 0 Å². The van der Waals surface area contributed by atoms with Crippen molar-refractivity contribution in [1.29, 1.82) is 0 Å². The molecule has 0 aliphatic heterocycles. The van der Waals surface area contributed by atoms with Crippen molar-refractivity contribution in [2.24, 2.45) is 0 Å². The maximum absolute atomic E-state index is 5.91. The van der Waals surface area contributed by atoms with Crippen molar-refractivity contribution in [3.63, 3.8) is 0 Å². The smallest absolute Gasteiger partial charge is 0.0351 e. The van der Waals surface area contributed by atoms with E-state index in [1.165, 1.54) is 36.8 Å². The first-order valence-electron chi connectivity index (χ1n) is 6.50. The van der Waals surface area contributed by atoms with Crippen LogP contribution in [0.25, 0.3) is 0 Å². The molecular formula is C14H21ClN2. The van der Waals surface area contributed by atoms with Gasteiger partial charge in [0, 0.05) is 37.4 Å². The van der Waals surface area contributed by atoms with E-state index in [0.717, 1.165) is 25.0 Å². The lowest BCUT2D eigenvalue weighted by molar-refractivity contribution is 0.201. The van der Waals surface area contributed by atoms with Gasteiger partial charge in [-0.1, -0.05) is 18.9 Å². The summed E-state index contributed by atoms with van der Waals surface area (Å²) in [4.78, 5) is 6.79. The van der Waals surface area contributed by atoms with Gasteiger partial charge in [0.2, 0.25) is 0 Å². The highest BCUT2D eigenvalue weighted by Gasteiger charge is 2.22. The van der Waals surface area contributed by atoms with Gasteiger partial charge in [0.1, 0.15) is 0 Å². The van der Waals surface area contributed by atoms with Crippen molar-refractivity contribution in [3.8, 4) is 0 Å². The molecule has 0 amide bonds. The molecule has 94 valence electrons. The van der Waals surface area contributed by atoms with Crippen LogP contribution >= 0.6 is 11.6 Å². The average Bonchev–Trinajstić information content (AvgIpc) is 2.82. The van der Waals surface area contributed by atoms with Crippen LogP contribution in [0.15, 0.2) is 18.5 Å². The monoisotopic (exact) mass is 252 g/mol. The fourth-order valence-corrected chi connectivity index (χ4v) is 2.92. The summed E-state index contributed by atoms with van der Waals surface area (Å²) in [6.07, 6.45) is 9.28. The number of halogens is 1. The molecule has 0 bridgehead atoms. The predicted molar refractivity (Wildman–Crippen MR) is 72.4 cm³/mol. The summed E-state index contributed by atoms with van der Waals surface area (Å²) in [7, 11) is 0. The summed E-state index contributed by atoms with van der Waals surface area (Å²) in [5.41, 5.74) is 2.54. The van der Waals surface area contributed by atoms with Gasteiger partial charge in [-0.15, -0.1) is 11.6 Å². The highest BCUT2D eigenvalue weighted by Crippen LogP contribution is 2.24. The maximum atomic E-state index is 5.91. The fraction of sp³-hybridized carbons (Fsp3) is 0.643. The van der Waals surface area contributed by atoms with E-state index >= 15 is 0 Å². The Labute approximate surface area is 109 Å². The van der Waals surface area contributed by atoms with Gasteiger partial charge in [-0.05, 0) is 30.9 Å². The normalized spacial score (nSPS) is 16.9. The molecule has 1 saturated carbocycles. The zero-order valence-electron chi connectivity index (χ0n) is 10.5. The van der Waals surface area contributed by atoms with E-state index in [2.05, 4.69) is 22.9 Å². The van der Waals surface area contributed by atoms with Gasteiger partial charge in [0.15, 0.2) is 0 Å². The molecule has 1 aromatic heterocycles. The van der Waals surface area contributed by atoms with E-state index in [1.807, 2.05) is 12.4 Å². The van der Waals surface area contributed by atoms with Crippen molar-refractivity contribution >= 4 is 11.6 Å². The largest absolute Gasteiger partial charge is 0.295 e. The molecule has 0 unspecified atom stereocenters. The predicted octanol–water partition coefficient (Wildman–Crippen LogP) is 3.37. The van der Waals surface area contributed by atoms with Gasteiger partial charge < -0.3 is 0 Å². The quantitative estimate of drug-likeness (QED) is 0.747. The number of pyridine rings is 1. The third kappa shape index (κ3) is 3.68. The van der Waals surface area contributed by atoms with Crippen LogP contribution in [0.2, 0.25) is 0 Å². The second kappa shape index (κ2) is 6.36. The lowest BCUT2D eigenvalue weighted by atomic mass is 10.1. The molecule has 1 aromatic rings. The van der Waals surface area contributed by atoms with Crippen molar-refractivity contribution in [2.75, 3.05) is 12.4 Å². The van der Waals surface area contributed by atoms with Gasteiger partial charge in [0.05, 0.1) is 0 Å². The Balaban J connectivity index is 2.01. The van der Waals surface area contributed by atoms with E-state index in [1.54, 1.807) is 0 Å². The highest BCUT2D eigenvalue weighted by molar-refractivity contribution is 6.18. The van der Waals surface area contributed by atoms with E-state index in [4.69, 9.17) is 11.6 Å². The SMILES string of the molecule is Cc1cncc(CN(CCCl)C2CCCC2)c1. The van der Waals surface area contributed by atoms with Gasteiger partial charge in [-0.2, -0.15) is 0 Å². The van der Waals surface area contributed by atoms with Crippen LogP contribution in [0.3, 0.4) is 0 Å². The fourth-order valence-electron chi connectivity index (χ4n) is 2.71. The van der Waals surface area contributed by atoms with Crippen LogP contribution in [0.5, 0.6) is 0 Å². The lowest BCUT2D eigenvalue weighted by Crippen LogP contribution is -2.34. The number of aryl methyl sites for hydroxylation is 1. The Morgan fingerprint density at radius 3 is 2.76 bits per heavy atom. The van der Waals surface area contributed by atoms with Crippen LogP contribution in [-0.2, 0) is 6.54 Å². The molecular weight excluding hydrogens is 232 g/mol. The number of hydrogen-bond acceptors (Lipinski definition) is 2. The number of aromatic nitrogens is 1. The third-order valence-corrected chi connectivity index (χ3v) is 3.70. The first kappa shape index (κ1) is 12.8. The Morgan fingerprint density at radius 2 is 2.12 bits per heavy atom. The van der Waals surface area contributed by atoms with Gasteiger partial charge in [-0.3, -0.25) is 9.88 Å². The second-order valence-corrected chi connectivity index (χ2v) is 5.35. The number of rotatable bonds is 5. The van der Waals surface area contributed by atoms with Crippen molar-refractivity contribution in [2.45, 2.75) is 45.2 Å². The molecule has 1 aliphatic rings. The number of alkyl halides is 1. The molecule has 0 radical (unpaired) electrons. The minimum atomic E-state index is 0.718. The molecule has 0 N–H and O–H groups in total. The molecule has 0 saturated heterocycles. The van der Waals surface area contributed by atoms with Crippen LogP contribution < -0.4 is 0 Å². The molecule has 1 aliphatic carbocycles. The Hall–Kier alpha value is -0.600. The van der Waals surface area contributed by atoms with Crippen molar-refractivity contribution < 1.29 is 0 Å². The molecule has 0 spiro atoms. The summed E-state index contributed by atoms with van der Waals surface area (Å²) in [6.45, 7) is 4.07. The Bertz CT molecular complexity index is 348. The molecule has 0 atom stereocenters. The molecule has 2 nitrogen and oxygen atoms in total. The zero-order valence-corrected chi connectivity index (χ0v) is 11.3. The second-order valence-electron chi connectivity index (χ2n) is 4.97. The molecule has 2 rings (SSSR count). The van der Waals surface area contributed by atoms with E-state index < -0.39 is 0 Å². The van der Waals surface area contributed by atoms with Crippen LogP contribution in [0.4, 0.5) is 0 Å². The summed E-state index contributed by atoms with van der Waals surface area (Å²) in [5.74, 6) is 0.718. The molecule has 1 fully saturated rings. The maximum Gasteiger partial charge on any atom is 0.0351 e. The average molecular weight is 253 g/mol. The lowest BCUT2D eigenvalue weighted by Gasteiger charge is -2.28. The Morgan fingerprint density at radius 1 is 1.35 bits per heavy atom. The first-order chi connectivity index (χ1) is 8.29. The third-order valence-electron chi connectivity index (χ3n) is 3.53. The van der Waals surface area contributed by atoms with E-state index in [9.17, 15) is 0 Å². The summed E-state index contributed by atoms with van der Waals surface area (Å²) < 4.78 is 0. The summed E-state index contributed by atoms with van der Waals surface area (Å²) in [6, 6.07) is 2.96. The number of nitrogens with zero attached hydrogens (tertiary/aromatic N) is 2. The summed E-state index contributed by atoms with van der Waals surface area (Å²) >= 11 is 5.91. The molecule has 17 heavy (non-hydrogen) atoms. The van der Waals surface area contributed by atoms with Crippen LogP contribution in [-0.4, -0.2) is 28.4 Å². The van der Waals surface area contributed by atoms with E-state index in [0.29, 0.717) is 0 Å². The topological polar surface area (TPSA) is 16.1 Å². The van der Waals surface area contributed by atoms with E-state index in [-0.39, 0.29) is 0 Å². The Kier molecular flexibility index (Phi) is 4.81.